The van der Waals surface area contributed by atoms with Crippen molar-refractivity contribution in [2.45, 2.75) is 33.1 Å². The molecule has 0 bridgehead atoms. The van der Waals surface area contributed by atoms with Crippen LogP contribution in [-0.4, -0.2) is 33.4 Å². The van der Waals surface area contributed by atoms with Crippen molar-refractivity contribution in [3.05, 3.63) is 28.5 Å². The van der Waals surface area contributed by atoms with E-state index in [0.717, 1.165) is 24.2 Å². The molecule has 0 radical (unpaired) electrons. The Hall–Kier alpha value is -2.49. The third-order valence-corrected chi connectivity index (χ3v) is 3.93. The molecule has 0 spiro atoms. The smallest absolute Gasteiger partial charge is 0.231 e. The maximum absolute atomic E-state index is 9.39. The summed E-state index contributed by atoms with van der Waals surface area (Å²) >= 11 is 0. The third-order valence-electron chi connectivity index (χ3n) is 3.93. The highest BCUT2D eigenvalue weighted by Gasteiger charge is 2.30. The number of aromatic nitrogens is 4. The van der Waals surface area contributed by atoms with Crippen LogP contribution in [0.1, 0.15) is 40.9 Å². The number of anilines is 1. The van der Waals surface area contributed by atoms with E-state index in [1.54, 1.807) is 0 Å². The lowest BCUT2D eigenvalue weighted by molar-refractivity contribution is 0.356. The molecule has 2 aromatic rings. The van der Waals surface area contributed by atoms with Crippen LogP contribution >= 0.6 is 0 Å². The van der Waals surface area contributed by atoms with E-state index in [2.05, 4.69) is 31.3 Å². The quantitative estimate of drug-likeness (QED) is 0.827. The van der Waals surface area contributed by atoms with Crippen molar-refractivity contribution in [3.8, 4) is 6.07 Å². The Balaban J connectivity index is 1.87. The summed E-state index contributed by atoms with van der Waals surface area (Å²) in [6.45, 7) is 7.09. The van der Waals surface area contributed by atoms with E-state index in [-0.39, 0.29) is 5.92 Å². The first-order chi connectivity index (χ1) is 10.1. The van der Waals surface area contributed by atoms with Gasteiger partial charge in [0.25, 0.3) is 0 Å². The lowest BCUT2D eigenvalue weighted by Gasteiger charge is -2.18. The fraction of sp³-hybridized carbons (Fsp3) is 0.500. The maximum Gasteiger partial charge on any atom is 0.231 e. The molecule has 0 saturated carbocycles. The molecule has 0 unspecified atom stereocenters. The fourth-order valence-electron chi connectivity index (χ4n) is 2.58. The summed E-state index contributed by atoms with van der Waals surface area (Å²) in [7, 11) is 0. The number of aryl methyl sites for hydroxylation is 2. The highest BCUT2D eigenvalue weighted by atomic mass is 16.5. The molecule has 3 heterocycles. The van der Waals surface area contributed by atoms with E-state index >= 15 is 0 Å². The fourth-order valence-corrected chi connectivity index (χ4v) is 2.58. The maximum atomic E-state index is 9.39. The first-order valence-corrected chi connectivity index (χ1v) is 6.89. The Morgan fingerprint density at radius 3 is 2.76 bits per heavy atom. The van der Waals surface area contributed by atoms with Crippen LogP contribution in [-0.2, 0) is 0 Å². The molecule has 0 N–H and O–H groups in total. The van der Waals surface area contributed by atoms with E-state index in [0.29, 0.717) is 29.6 Å². The minimum Gasteiger partial charge on any atom is -0.353 e. The van der Waals surface area contributed by atoms with Gasteiger partial charge in [0.2, 0.25) is 5.89 Å². The number of nitriles is 1. The van der Waals surface area contributed by atoms with E-state index < -0.39 is 0 Å². The molecule has 21 heavy (non-hydrogen) atoms. The number of hydrogen-bond donors (Lipinski definition) is 0. The molecule has 0 aliphatic carbocycles. The summed E-state index contributed by atoms with van der Waals surface area (Å²) < 4.78 is 5.24. The summed E-state index contributed by atoms with van der Waals surface area (Å²) in [6.07, 6.45) is 0.904. The molecule has 1 fully saturated rings. The SMILES string of the molecule is Cc1noc([C@@H]2CCN(c3nnc(C)c(C)c3C#N)C2)n1. The Labute approximate surface area is 122 Å². The highest BCUT2D eigenvalue weighted by molar-refractivity contribution is 5.58. The highest BCUT2D eigenvalue weighted by Crippen LogP contribution is 2.31. The van der Waals surface area contributed by atoms with E-state index in [1.807, 2.05) is 20.8 Å². The Kier molecular flexibility index (Phi) is 3.29. The largest absolute Gasteiger partial charge is 0.353 e. The predicted octanol–water partition coefficient (Wildman–Crippen LogP) is 1.65. The number of hydrogen-bond acceptors (Lipinski definition) is 7. The summed E-state index contributed by atoms with van der Waals surface area (Å²) in [4.78, 5) is 6.36. The molecule has 7 nitrogen and oxygen atoms in total. The van der Waals surface area contributed by atoms with Gasteiger partial charge in [-0.2, -0.15) is 15.3 Å². The van der Waals surface area contributed by atoms with Crippen molar-refractivity contribution in [1.82, 2.24) is 20.3 Å². The van der Waals surface area contributed by atoms with Crippen LogP contribution in [0.2, 0.25) is 0 Å². The molecular formula is C14H16N6O. The van der Waals surface area contributed by atoms with Crippen LogP contribution in [0.3, 0.4) is 0 Å². The van der Waals surface area contributed by atoms with Crippen LogP contribution in [0, 0.1) is 32.1 Å². The standard InChI is InChI=1S/C14H16N6O/c1-8-9(2)17-18-13(12(8)6-15)20-5-4-11(7-20)14-16-10(3)19-21-14/h11H,4-5,7H2,1-3H3/t11-/m1/s1. The van der Waals surface area contributed by atoms with Crippen molar-refractivity contribution in [2.75, 3.05) is 18.0 Å². The molecule has 1 atom stereocenters. The molecule has 2 aromatic heterocycles. The van der Waals surface area contributed by atoms with Gasteiger partial charge in [-0.15, -0.1) is 5.10 Å². The van der Waals surface area contributed by atoms with Crippen molar-refractivity contribution in [2.24, 2.45) is 0 Å². The molecule has 0 aromatic carbocycles. The van der Waals surface area contributed by atoms with Crippen LogP contribution in [0.4, 0.5) is 5.82 Å². The summed E-state index contributed by atoms with van der Waals surface area (Å²) in [5.74, 6) is 2.14. The average Bonchev–Trinajstić information content (AvgIpc) is 3.10. The van der Waals surface area contributed by atoms with Crippen LogP contribution in [0.25, 0.3) is 0 Å². The monoisotopic (exact) mass is 284 g/mol. The van der Waals surface area contributed by atoms with Gasteiger partial charge < -0.3 is 9.42 Å². The predicted molar refractivity (Wildman–Crippen MR) is 74.8 cm³/mol. The van der Waals surface area contributed by atoms with Gasteiger partial charge in [-0.1, -0.05) is 5.16 Å². The van der Waals surface area contributed by atoms with E-state index in [4.69, 9.17) is 4.52 Å². The van der Waals surface area contributed by atoms with Gasteiger partial charge in [0.1, 0.15) is 11.6 Å². The lowest BCUT2D eigenvalue weighted by atomic mass is 10.1. The zero-order valence-corrected chi connectivity index (χ0v) is 12.3. The van der Waals surface area contributed by atoms with E-state index in [9.17, 15) is 5.26 Å². The van der Waals surface area contributed by atoms with Gasteiger partial charge in [-0.3, -0.25) is 0 Å². The molecule has 7 heteroatoms. The first kappa shape index (κ1) is 13.5. The van der Waals surface area contributed by atoms with Crippen LogP contribution in [0.5, 0.6) is 0 Å². The molecule has 3 rings (SSSR count). The average molecular weight is 284 g/mol. The molecule has 0 amide bonds. The summed E-state index contributed by atoms with van der Waals surface area (Å²) in [6, 6.07) is 2.24. The Bertz CT molecular complexity index is 717. The third kappa shape index (κ3) is 2.33. The van der Waals surface area contributed by atoms with Gasteiger partial charge >= 0.3 is 0 Å². The second-order valence-corrected chi connectivity index (χ2v) is 5.33. The van der Waals surface area contributed by atoms with E-state index in [1.165, 1.54) is 0 Å². The lowest BCUT2D eigenvalue weighted by Crippen LogP contribution is -2.23. The zero-order chi connectivity index (χ0) is 15.0. The molecule has 1 aliphatic rings. The van der Waals surface area contributed by atoms with Gasteiger partial charge in [-0.25, -0.2) is 0 Å². The van der Waals surface area contributed by atoms with Crippen molar-refractivity contribution in [1.29, 1.82) is 5.26 Å². The first-order valence-electron chi connectivity index (χ1n) is 6.89. The minimum absolute atomic E-state index is 0.182. The van der Waals surface area contributed by atoms with Crippen molar-refractivity contribution in [3.63, 3.8) is 0 Å². The van der Waals surface area contributed by atoms with Crippen LogP contribution in [0.15, 0.2) is 4.52 Å². The second-order valence-electron chi connectivity index (χ2n) is 5.33. The number of rotatable bonds is 2. The molecular weight excluding hydrogens is 268 g/mol. The minimum atomic E-state index is 0.182. The van der Waals surface area contributed by atoms with Gasteiger partial charge in [0.05, 0.1) is 11.6 Å². The second kappa shape index (κ2) is 5.13. The molecule has 1 saturated heterocycles. The zero-order valence-electron chi connectivity index (χ0n) is 12.3. The Morgan fingerprint density at radius 2 is 2.10 bits per heavy atom. The van der Waals surface area contributed by atoms with Crippen molar-refractivity contribution >= 4 is 5.82 Å². The van der Waals surface area contributed by atoms with Gasteiger partial charge in [-0.05, 0) is 32.8 Å². The molecule has 1 aliphatic heterocycles. The summed E-state index contributed by atoms with van der Waals surface area (Å²) in [5, 5.41) is 21.6. The topological polar surface area (TPSA) is 91.7 Å². The normalized spacial score (nSPS) is 18.0. The van der Waals surface area contributed by atoms with Gasteiger partial charge in [0.15, 0.2) is 11.6 Å². The van der Waals surface area contributed by atoms with Crippen molar-refractivity contribution < 1.29 is 4.52 Å². The number of nitrogens with zero attached hydrogens (tertiary/aromatic N) is 6. The molecule has 108 valence electrons. The Morgan fingerprint density at radius 1 is 1.29 bits per heavy atom. The van der Waals surface area contributed by atoms with Crippen LogP contribution < -0.4 is 4.90 Å². The summed E-state index contributed by atoms with van der Waals surface area (Å²) in [5.41, 5.74) is 2.28. The van der Waals surface area contributed by atoms with Gasteiger partial charge in [0, 0.05) is 13.1 Å².